The molecule has 1 atom stereocenters. The fourth-order valence-corrected chi connectivity index (χ4v) is 4.13. The van der Waals surface area contributed by atoms with Crippen molar-refractivity contribution in [1.82, 2.24) is 10.3 Å². The van der Waals surface area contributed by atoms with Crippen molar-refractivity contribution in [2.45, 2.75) is 19.4 Å². The molecule has 4 rings (SSSR count). The molecule has 3 N–H and O–H groups in total. The molecule has 0 aliphatic heterocycles. The van der Waals surface area contributed by atoms with E-state index in [4.69, 9.17) is 33.5 Å². The summed E-state index contributed by atoms with van der Waals surface area (Å²) in [5.41, 5.74) is 3.60. The predicted octanol–water partition coefficient (Wildman–Crippen LogP) is 5.20. The van der Waals surface area contributed by atoms with Gasteiger partial charge in [-0.05, 0) is 54.8 Å². The number of pyridine rings is 1. The number of fused-ring (bicyclic) bond motifs is 1. The van der Waals surface area contributed by atoms with Crippen LogP contribution in [0.3, 0.4) is 0 Å². The molecule has 0 spiro atoms. The van der Waals surface area contributed by atoms with Gasteiger partial charge >= 0.3 is 0 Å². The number of nitrogens with one attached hydrogen (secondary N) is 1. The van der Waals surface area contributed by atoms with Crippen LogP contribution in [-0.2, 0) is 11.3 Å². The van der Waals surface area contributed by atoms with Gasteiger partial charge < -0.3 is 14.9 Å². The van der Waals surface area contributed by atoms with Crippen molar-refractivity contribution in [3.63, 3.8) is 0 Å². The second-order valence-electron chi connectivity index (χ2n) is 8.09. The van der Waals surface area contributed by atoms with Gasteiger partial charge in [-0.2, -0.15) is 0 Å². The van der Waals surface area contributed by atoms with Crippen LogP contribution in [0.5, 0.6) is 11.5 Å². The van der Waals surface area contributed by atoms with Gasteiger partial charge in [-0.15, -0.1) is 6.42 Å². The fraction of sp³-hybridized carbons (Fsp3) is 0.143. The van der Waals surface area contributed by atoms with Crippen LogP contribution in [0.4, 0.5) is 0 Å². The molecule has 7 heteroatoms. The molecule has 4 aromatic rings. The van der Waals surface area contributed by atoms with E-state index in [1.807, 2.05) is 49.4 Å². The minimum atomic E-state index is -0.433. The van der Waals surface area contributed by atoms with E-state index in [9.17, 15) is 4.79 Å². The first-order valence-corrected chi connectivity index (χ1v) is 11.4. The molecule has 0 aliphatic rings. The van der Waals surface area contributed by atoms with Crippen LogP contribution in [0.15, 0.2) is 72.9 Å². The molecule has 0 saturated heterocycles. The number of terminal acetylenes is 1. The van der Waals surface area contributed by atoms with Gasteiger partial charge in [0.15, 0.2) is 5.75 Å². The van der Waals surface area contributed by atoms with Crippen molar-refractivity contribution < 1.29 is 14.4 Å². The van der Waals surface area contributed by atoms with E-state index in [-0.39, 0.29) is 12.5 Å². The van der Waals surface area contributed by atoms with Crippen molar-refractivity contribution in [2.24, 2.45) is 5.90 Å². The molecular weight excluding hydrogens is 462 g/mol. The lowest BCUT2D eigenvalue weighted by Crippen LogP contribution is -2.40. The number of aryl methyl sites for hydroxylation is 1. The summed E-state index contributed by atoms with van der Waals surface area (Å²) in [5.74, 6) is 8.41. The second kappa shape index (κ2) is 11.0. The zero-order valence-electron chi connectivity index (χ0n) is 19.1. The molecule has 1 amide bonds. The molecule has 0 aliphatic carbocycles. The zero-order valence-corrected chi connectivity index (χ0v) is 19.9. The van der Waals surface area contributed by atoms with Gasteiger partial charge in [0.2, 0.25) is 0 Å². The quantitative estimate of drug-likeness (QED) is 0.264. The summed E-state index contributed by atoms with van der Waals surface area (Å²) in [5, 5.41) is 4.29. The number of amides is 1. The normalized spacial score (nSPS) is 11.6. The number of hydrogen-bond acceptors (Lipinski definition) is 5. The number of para-hydroxylation sites is 1. The van der Waals surface area contributed by atoms with Crippen molar-refractivity contribution in [1.29, 1.82) is 0 Å². The highest BCUT2D eigenvalue weighted by Gasteiger charge is 2.22. The maximum absolute atomic E-state index is 13.6. The number of carbonyl (C=O) groups excluding carboxylic acids is 1. The second-order valence-corrected chi connectivity index (χ2v) is 8.50. The molecule has 1 heterocycles. The Kier molecular flexibility index (Phi) is 7.64. The first kappa shape index (κ1) is 24.2. The third kappa shape index (κ3) is 5.79. The van der Waals surface area contributed by atoms with E-state index in [0.717, 1.165) is 11.1 Å². The van der Waals surface area contributed by atoms with Crippen LogP contribution in [0, 0.1) is 19.3 Å². The first-order valence-electron chi connectivity index (χ1n) is 11.0. The number of hydrogen-bond donors (Lipinski definition) is 2. The lowest BCUT2D eigenvalue weighted by Gasteiger charge is -2.20. The minimum Gasteiger partial charge on any atom is -0.455 e. The third-order valence-corrected chi connectivity index (χ3v) is 5.86. The van der Waals surface area contributed by atoms with Crippen LogP contribution in [0.1, 0.15) is 27.0 Å². The Morgan fingerprint density at radius 3 is 2.77 bits per heavy atom. The summed E-state index contributed by atoms with van der Waals surface area (Å²) in [6.07, 6.45) is 7.49. The molecule has 0 bridgehead atoms. The van der Waals surface area contributed by atoms with Crippen LogP contribution in [0.2, 0.25) is 5.02 Å². The van der Waals surface area contributed by atoms with E-state index in [2.05, 4.69) is 16.2 Å². The van der Waals surface area contributed by atoms with E-state index in [0.29, 0.717) is 45.0 Å². The number of aromatic nitrogens is 1. The van der Waals surface area contributed by atoms with Crippen LogP contribution in [0.25, 0.3) is 10.9 Å². The number of benzene rings is 3. The highest BCUT2D eigenvalue weighted by atomic mass is 35.5. The van der Waals surface area contributed by atoms with Gasteiger partial charge in [-0.1, -0.05) is 53.9 Å². The van der Waals surface area contributed by atoms with Gasteiger partial charge in [0.1, 0.15) is 5.75 Å². The zero-order chi connectivity index (χ0) is 24.8. The Hall–Kier alpha value is -3.89. The molecule has 1 aromatic heterocycles. The number of halogens is 1. The molecule has 0 saturated carbocycles. The van der Waals surface area contributed by atoms with Crippen LogP contribution in [-0.4, -0.2) is 23.5 Å². The Balaban J connectivity index is 1.68. The van der Waals surface area contributed by atoms with Gasteiger partial charge in [0.05, 0.1) is 29.9 Å². The summed E-state index contributed by atoms with van der Waals surface area (Å²) in [6, 6.07) is 19.8. The summed E-state index contributed by atoms with van der Waals surface area (Å²) < 4.78 is 6.08. The van der Waals surface area contributed by atoms with Crippen LogP contribution < -0.4 is 16.0 Å². The van der Waals surface area contributed by atoms with E-state index >= 15 is 0 Å². The smallest absolute Gasteiger partial charge is 0.256 e. The fourth-order valence-electron chi connectivity index (χ4n) is 3.82. The Morgan fingerprint density at radius 1 is 1.17 bits per heavy atom. The van der Waals surface area contributed by atoms with Gasteiger partial charge in [0.25, 0.3) is 5.91 Å². The Labute approximate surface area is 209 Å². The molecule has 0 radical (unpaired) electrons. The number of ether oxygens (including phenoxy) is 1. The van der Waals surface area contributed by atoms with E-state index in [1.165, 1.54) is 6.20 Å². The number of carbonyl (C=O) groups is 1. The lowest BCUT2D eigenvalue weighted by atomic mass is 10.0. The largest absolute Gasteiger partial charge is 0.455 e. The Bertz CT molecular complexity index is 1410. The number of nitrogens with zero attached hydrogens (tertiary/aromatic N) is 1. The van der Waals surface area contributed by atoms with Gasteiger partial charge in [0, 0.05) is 16.0 Å². The summed E-state index contributed by atoms with van der Waals surface area (Å²) >= 11 is 6.42. The summed E-state index contributed by atoms with van der Waals surface area (Å²) in [7, 11) is 0. The molecule has 0 fully saturated rings. The topological polar surface area (TPSA) is 86.5 Å². The lowest BCUT2D eigenvalue weighted by molar-refractivity contribution is 0.0839. The third-order valence-electron chi connectivity index (χ3n) is 5.50. The molecule has 3 aromatic carbocycles. The average Bonchev–Trinajstić information content (AvgIpc) is 2.85. The average molecular weight is 486 g/mol. The first-order chi connectivity index (χ1) is 17.0. The monoisotopic (exact) mass is 485 g/mol. The minimum absolute atomic E-state index is 0.0966. The molecule has 0 unspecified atom stereocenters. The maximum Gasteiger partial charge on any atom is 0.256 e. The van der Waals surface area contributed by atoms with Crippen LogP contribution >= 0.6 is 11.6 Å². The predicted molar refractivity (Wildman–Crippen MR) is 137 cm³/mol. The molecule has 6 nitrogen and oxygen atoms in total. The highest BCUT2D eigenvalue weighted by molar-refractivity contribution is 6.31. The Morgan fingerprint density at radius 2 is 2.00 bits per heavy atom. The summed E-state index contributed by atoms with van der Waals surface area (Å²) in [6.45, 7) is 2.06. The SMILES string of the molecule is C#Cc1cccc(Oc2cnc3ccccc3c2C(=O)N[C@@H](CON)Cc2ccc(C)cc2Cl)c1. The van der Waals surface area contributed by atoms with Crippen molar-refractivity contribution >= 4 is 28.4 Å². The van der Waals surface area contributed by atoms with Gasteiger partial charge in [-0.3, -0.25) is 9.78 Å². The van der Waals surface area contributed by atoms with Gasteiger partial charge in [-0.25, -0.2) is 5.90 Å². The maximum atomic E-state index is 13.6. The van der Waals surface area contributed by atoms with E-state index in [1.54, 1.807) is 24.3 Å². The number of rotatable bonds is 8. The number of nitrogens with two attached hydrogens (primary N) is 1. The molecular formula is C28H24ClN3O3. The standard InChI is InChI=1S/C28H24ClN3O3/c1-3-19-7-6-8-22(14-19)35-26-16-31-25-10-5-4-9-23(25)27(26)28(33)32-21(17-34-30)15-20-12-11-18(2)13-24(20)29/h1,4-14,16,21H,15,17,30H2,2H3,(H,32,33)/t21-/m1/s1. The van der Waals surface area contributed by atoms with Crippen molar-refractivity contribution in [2.75, 3.05) is 6.61 Å². The molecule has 176 valence electrons. The van der Waals surface area contributed by atoms with Crippen molar-refractivity contribution in [3.05, 3.63) is 100 Å². The summed E-state index contributed by atoms with van der Waals surface area (Å²) in [4.78, 5) is 23.0. The molecule has 35 heavy (non-hydrogen) atoms. The van der Waals surface area contributed by atoms with E-state index < -0.39 is 6.04 Å². The highest BCUT2D eigenvalue weighted by Crippen LogP contribution is 2.31. The van der Waals surface area contributed by atoms with Crippen molar-refractivity contribution in [3.8, 4) is 23.8 Å².